The summed E-state index contributed by atoms with van der Waals surface area (Å²) in [6, 6.07) is 6.15. The monoisotopic (exact) mass is 222 g/mol. The number of benzene rings is 1. The Hall–Kier alpha value is -1.75. The summed E-state index contributed by atoms with van der Waals surface area (Å²) < 4.78 is 4.84. The minimum Gasteiger partial charge on any atom is -0.477 e. The Morgan fingerprint density at radius 1 is 1.33 bits per heavy atom. The van der Waals surface area contributed by atoms with Crippen LogP contribution in [-0.2, 0) is 0 Å². The van der Waals surface area contributed by atoms with Crippen molar-refractivity contribution in [1.29, 1.82) is 0 Å². The maximum absolute atomic E-state index is 11.2. The van der Waals surface area contributed by atoms with Crippen LogP contribution in [0, 0.1) is 0 Å². The zero-order valence-corrected chi connectivity index (χ0v) is 8.32. The van der Waals surface area contributed by atoms with E-state index >= 15 is 0 Å². The molecular weight excluding hydrogens is 216 g/mol. The molecule has 2 aromatic rings. The van der Waals surface area contributed by atoms with Gasteiger partial charge in [0, 0.05) is 10.3 Å². The Morgan fingerprint density at radius 2 is 2.07 bits per heavy atom. The van der Waals surface area contributed by atoms with Gasteiger partial charge in [0.2, 0.25) is 0 Å². The van der Waals surface area contributed by atoms with Gasteiger partial charge in [-0.2, -0.15) is 0 Å². The lowest BCUT2D eigenvalue weighted by Crippen LogP contribution is -2.12. The summed E-state index contributed by atoms with van der Waals surface area (Å²) in [6.07, 6.45) is 0. The van der Waals surface area contributed by atoms with Gasteiger partial charge >= 0.3 is 11.6 Å². The van der Waals surface area contributed by atoms with Gasteiger partial charge in [-0.05, 0) is 24.3 Å². The highest BCUT2D eigenvalue weighted by Crippen LogP contribution is 2.17. The van der Waals surface area contributed by atoms with Crippen molar-refractivity contribution >= 4 is 29.6 Å². The molecule has 2 rings (SSSR count). The summed E-state index contributed by atoms with van der Waals surface area (Å²) in [5.41, 5.74) is -0.869. The van der Waals surface area contributed by atoms with Crippen molar-refractivity contribution in [1.82, 2.24) is 0 Å². The first-order valence-electron chi connectivity index (χ1n) is 4.08. The fourth-order valence-corrected chi connectivity index (χ4v) is 1.47. The molecule has 0 unspecified atom stereocenters. The molecule has 76 valence electrons. The Kier molecular flexibility index (Phi) is 2.24. The Morgan fingerprint density at radius 3 is 2.73 bits per heavy atom. The fourth-order valence-electron chi connectivity index (χ4n) is 1.26. The summed E-state index contributed by atoms with van der Waals surface area (Å²) in [5, 5.41) is 9.26. The second kappa shape index (κ2) is 3.43. The molecule has 1 aromatic heterocycles. The molecule has 0 saturated heterocycles. The number of carbonyl (C=O) groups is 1. The van der Waals surface area contributed by atoms with Crippen molar-refractivity contribution in [2.45, 2.75) is 4.90 Å². The molecule has 1 heterocycles. The van der Waals surface area contributed by atoms with E-state index in [-0.39, 0.29) is 5.56 Å². The van der Waals surface area contributed by atoms with Crippen molar-refractivity contribution in [3.63, 3.8) is 0 Å². The van der Waals surface area contributed by atoms with Crippen LogP contribution in [-0.4, -0.2) is 11.1 Å². The molecule has 0 amide bonds. The maximum atomic E-state index is 11.2. The molecule has 0 atom stereocenters. The third-order valence-corrected chi connectivity index (χ3v) is 2.22. The highest BCUT2D eigenvalue weighted by atomic mass is 32.1. The van der Waals surface area contributed by atoms with E-state index in [1.165, 1.54) is 6.07 Å². The van der Waals surface area contributed by atoms with Crippen LogP contribution in [0.3, 0.4) is 0 Å². The molecule has 15 heavy (non-hydrogen) atoms. The average Bonchev–Trinajstić information content (AvgIpc) is 2.17. The first-order valence-corrected chi connectivity index (χ1v) is 4.53. The molecule has 1 N–H and O–H groups in total. The van der Waals surface area contributed by atoms with Crippen LogP contribution in [0.25, 0.3) is 11.0 Å². The third kappa shape index (κ3) is 1.73. The van der Waals surface area contributed by atoms with Crippen LogP contribution in [0.2, 0.25) is 0 Å². The van der Waals surface area contributed by atoms with E-state index in [0.29, 0.717) is 15.9 Å². The number of hydrogen-bond acceptors (Lipinski definition) is 4. The molecular formula is C10H6O4S. The smallest absolute Gasteiger partial charge is 0.351 e. The zero-order valence-electron chi connectivity index (χ0n) is 7.43. The van der Waals surface area contributed by atoms with E-state index in [4.69, 9.17) is 9.52 Å². The van der Waals surface area contributed by atoms with Gasteiger partial charge in [-0.25, -0.2) is 9.59 Å². The van der Waals surface area contributed by atoms with Gasteiger partial charge in [0.15, 0.2) is 0 Å². The van der Waals surface area contributed by atoms with Gasteiger partial charge in [-0.3, -0.25) is 0 Å². The standard InChI is InChI=1S/C10H6O4S/c11-9(12)7-4-5-3-6(15)1-2-8(5)14-10(7)13/h1-4,15H,(H,11,12). The van der Waals surface area contributed by atoms with E-state index in [1.54, 1.807) is 18.2 Å². The molecule has 0 aliphatic rings. The van der Waals surface area contributed by atoms with Crippen LogP contribution in [0.5, 0.6) is 0 Å². The molecule has 0 bridgehead atoms. The van der Waals surface area contributed by atoms with E-state index in [9.17, 15) is 9.59 Å². The summed E-state index contributed by atoms with van der Waals surface area (Å²) in [7, 11) is 0. The van der Waals surface area contributed by atoms with Crippen LogP contribution in [0.15, 0.2) is 38.4 Å². The van der Waals surface area contributed by atoms with Crippen molar-refractivity contribution in [3.8, 4) is 0 Å². The Balaban J connectivity index is 2.83. The second-order valence-corrected chi connectivity index (χ2v) is 3.49. The largest absolute Gasteiger partial charge is 0.477 e. The van der Waals surface area contributed by atoms with E-state index < -0.39 is 11.6 Å². The SMILES string of the molecule is O=C(O)c1cc2cc(S)ccc2oc1=O. The minimum atomic E-state index is -1.30. The number of carboxylic acids is 1. The molecule has 4 nitrogen and oxygen atoms in total. The molecule has 0 radical (unpaired) electrons. The fraction of sp³-hybridized carbons (Fsp3) is 0. The van der Waals surface area contributed by atoms with Crippen LogP contribution in [0.4, 0.5) is 0 Å². The van der Waals surface area contributed by atoms with Gasteiger partial charge in [0.05, 0.1) is 0 Å². The van der Waals surface area contributed by atoms with Crippen molar-refractivity contribution in [2.75, 3.05) is 0 Å². The van der Waals surface area contributed by atoms with Gasteiger partial charge in [-0.15, -0.1) is 12.6 Å². The topological polar surface area (TPSA) is 67.5 Å². The van der Waals surface area contributed by atoms with Crippen molar-refractivity contribution in [3.05, 3.63) is 40.2 Å². The predicted molar refractivity (Wildman–Crippen MR) is 56.7 cm³/mol. The summed E-state index contributed by atoms with van der Waals surface area (Å²) in [6.45, 7) is 0. The van der Waals surface area contributed by atoms with Gasteiger partial charge < -0.3 is 9.52 Å². The van der Waals surface area contributed by atoms with Crippen molar-refractivity contribution in [2.24, 2.45) is 0 Å². The second-order valence-electron chi connectivity index (χ2n) is 2.97. The first kappa shape index (κ1) is 9.79. The lowest BCUT2D eigenvalue weighted by molar-refractivity contribution is 0.0692. The molecule has 0 fully saturated rings. The Bertz CT molecular complexity index is 600. The van der Waals surface area contributed by atoms with Crippen molar-refractivity contribution < 1.29 is 14.3 Å². The lowest BCUT2D eigenvalue weighted by atomic mass is 10.2. The third-order valence-electron chi connectivity index (χ3n) is 1.95. The molecule has 5 heteroatoms. The van der Waals surface area contributed by atoms with E-state index in [1.807, 2.05) is 0 Å². The summed E-state index contributed by atoms with van der Waals surface area (Å²) >= 11 is 4.10. The number of hydrogen-bond donors (Lipinski definition) is 2. The van der Waals surface area contributed by atoms with E-state index in [0.717, 1.165) is 0 Å². The molecule has 0 aliphatic heterocycles. The van der Waals surface area contributed by atoms with Crippen LogP contribution in [0.1, 0.15) is 10.4 Å². The number of aromatic carboxylic acids is 1. The van der Waals surface area contributed by atoms with Crippen LogP contribution < -0.4 is 5.63 Å². The predicted octanol–water partition coefficient (Wildman–Crippen LogP) is 1.78. The van der Waals surface area contributed by atoms with Gasteiger partial charge in [-0.1, -0.05) is 0 Å². The highest BCUT2D eigenvalue weighted by Gasteiger charge is 2.11. The van der Waals surface area contributed by atoms with E-state index in [2.05, 4.69) is 12.6 Å². The van der Waals surface area contributed by atoms with Gasteiger partial charge in [0.1, 0.15) is 11.1 Å². The number of carboxylic acid groups (broad SMARTS) is 1. The minimum absolute atomic E-state index is 0.350. The summed E-state index contributed by atoms with van der Waals surface area (Å²) in [5.74, 6) is -1.30. The normalized spacial score (nSPS) is 10.5. The quantitative estimate of drug-likeness (QED) is 0.570. The van der Waals surface area contributed by atoms with Gasteiger partial charge in [0.25, 0.3) is 0 Å². The molecule has 0 aliphatic carbocycles. The molecule has 1 aromatic carbocycles. The number of rotatable bonds is 1. The molecule has 0 spiro atoms. The maximum Gasteiger partial charge on any atom is 0.351 e. The zero-order chi connectivity index (χ0) is 11.0. The lowest BCUT2D eigenvalue weighted by Gasteiger charge is -1.98. The number of thiol groups is 1. The highest BCUT2D eigenvalue weighted by molar-refractivity contribution is 7.80. The average molecular weight is 222 g/mol. The molecule has 0 saturated carbocycles. The number of fused-ring (bicyclic) bond motifs is 1. The first-order chi connectivity index (χ1) is 7.08. The van der Waals surface area contributed by atoms with Crippen LogP contribution >= 0.6 is 12.6 Å². The Labute approximate surface area is 89.6 Å². The summed E-state index contributed by atoms with van der Waals surface area (Å²) in [4.78, 5) is 22.5.